The van der Waals surface area contributed by atoms with E-state index in [1.807, 2.05) is 13.8 Å². The van der Waals surface area contributed by atoms with Gasteiger partial charge in [-0.15, -0.1) is 0 Å². The van der Waals surface area contributed by atoms with Crippen molar-refractivity contribution in [1.29, 1.82) is 0 Å². The highest BCUT2D eigenvalue weighted by Gasteiger charge is 2.31. The fourth-order valence-corrected chi connectivity index (χ4v) is 2.54. The van der Waals surface area contributed by atoms with Gasteiger partial charge in [-0.25, -0.2) is 9.59 Å². The highest BCUT2D eigenvalue weighted by molar-refractivity contribution is 5.82. The average Bonchev–Trinajstić information content (AvgIpc) is 2.33. The van der Waals surface area contributed by atoms with Gasteiger partial charge < -0.3 is 20.1 Å². The fourth-order valence-electron chi connectivity index (χ4n) is 2.54. The van der Waals surface area contributed by atoms with Gasteiger partial charge in [0.05, 0.1) is 0 Å². The van der Waals surface area contributed by atoms with Crippen molar-refractivity contribution in [2.45, 2.75) is 57.7 Å². The van der Waals surface area contributed by atoms with E-state index < -0.39 is 12.0 Å². The number of amides is 2. The Morgan fingerprint density at radius 3 is 2.42 bits per heavy atom. The van der Waals surface area contributed by atoms with Crippen LogP contribution in [0.25, 0.3) is 0 Å². The first-order valence-electron chi connectivity index (χ1n) is 6.78. The molecule has 1 aliphatic rings. The van der Waals surface area contributed by atoms with Gasteiger partial charge in [0.15, 0.2) is 0 Å². The SMILES string of the molecule is COCCC(NC(=O)N1[C@H](C)CCC[C@@H]1C)C(=O)O. The van der Waals surface area contributed by atoms with Crippen molar-refractivity contribution in [1.82, 2.24) is 10.2 Å². The van der Waals surface area contributed by atoms with E-state index in [2.05, 4.69) is 5.32 Å². The third kappa shape index (κ3) is 4.38. The number of carboxylic acids is 1. The molecule has 6 heteroatoms. The second-order valence-electron chi connectivity index (χ2n) is 5.16. The van der Waals surface area contributed by atoms with Crippen LogP contribution in [0, 0.1) is 0 Å². The molecule has 0 aliphatic carbocycles. The molecule has 1 saturated heterocycles. The Morgan fingerprint density at radius 1 is 1.37 bits per heavy atom. The minimum atomic E-state index is -1.03. The first-order chi connectivity index (χ1) is 8.97. The van der Waals surface area contributed by atoms with E-state index >= 15 is 0 Å². The molecule has 0 bridgehead atoms. The van der Waals surface area contributed by atoms with E-state index in [1.54, 1.807) is 4.90 Å². The molecule has 1 heterocycles. The van der Waals surface area contributed by atoms with Crippen LogP contribution in [-0.4, -0.2) is 53.8 Å². The zero-order chi connectivity index (χ0) is 14.4. The van der Waals surface area contributed by atoms with Crippen LogP contribution in [0.15, 0.2) is 0 Å². The Hall–Kier alpha value is -1.30. The van der Waals surface area contributed by atoms with Gasteiger partial charge >= 0.3 is 12.0 Å². The van der Waals surface area contributed by atoms with E-state index in [0.29, 0.717) is 6.61 Å². The largest absolute Gasteiger partial charge is 0.480 e. The topological polar surface area (TPSA) is 78.9 Å². The zero-order valence-corrected chi connectivity index (χ0v) is 11.9. The monoisotopic (exact) mass is 272 g/mol. The number of carbonyl (C=O) groups excluding carboxylic acids is 1. The molecule has 110 valence electrons. The molecule has 0 aromatic rings. The third-order valence-electron chi connectivity index (χ3n) is 3.63. The Morgan fingerprint density at radius 2 is 1.95 bits per heavy atom. The second-order valence-corrected chi connectivity index (χ2v) is 5.16. The summed E-state index contributed by atoms with van der Waals surface area (Å²) >= 11 is 0. The average molecular weight is 272 g/mol. The molecular weight excluding hydrogens is 248 g/mol. The maximum absolute atomic E-state index is 12.2. The summed E-state index contributed by atoms with van der Waals surface area (Å²) in [5.74, 6) is -1.03. The summed E-state index contributed by atoms with van der Waals surface area (Å²) in [4.78, 5) is 25.1. The predicted octanol–water partition coefficient (Wildman–Crippen LogP) is 1.45. The molecule has 2 amide bonds. The molecule has 1 aliphatic heterocycles. The first-order valence-corrected chi connectivity index (χ1v) is 6.78. The fraction of sp³-hybridized carbons (Fsp3) is 0.846. The number of ether oxygens (including phenoxy) is 1. The lowest BCUT2D eigenvalue weighted by Gasteiger charge is -2.39. The lowest BCUT2D eigenvalue weighted by atomic mass is 9.98. The molecule has 1 unspecified atom stereocenters. The van der Waals surface area contributed by atoms with Crippen LogP contribution in [-0.2, 0) is 9.53 Å². The van der Waals surface area contributed by atoms with Crippen molar-refractivity contribution in [2.75, 3.05) is 13.7 Å². The van der Waals surface area contributed by atoms with Crippen LogP contribution < -0.4 is 5.32 Å². The Kier molecular flexibility index (Phi) is 6.08. The number of carbonyl (C=O) groups is 2. The number of nitrogens with zero attached hydrogens (tertiary/aromatic N) is 1. The smallest absolute Gasteiger partial charge is 0.326 e. The van der Waals surface area contributed by atoms with Crippen molar-refractivity contribution < 1.29 is 19.4 Å². The van der Waals surface area contributed by atoms with Crippen LogP contribution in [0.2, 0.25) is 0 Å². The quantitative estimate of drug-likeness (QED) is 0.794. The number of urea groups is 1. The highest BCUT2D eigenvalue weighted by atomic mass is 16.5. The molecule has 0 aromatic carbocycles. The lowest BCUT2D eigenvalue weighted by molar-refractivity contribution is -0.139. The number of carboxylic acid groups (broad SMARTS) is 1. The normalized spacial score (nSPS) is 24.9. The molecule has 0 radical (unpaired) electrons. The first kappa shape index (κ1) is 15.8. The van der Waals surface area contributed by atoms with Gasteiger partial charge in [0.1, 0.15) is 6.04 Å². The second kappa shape index (κ2) is 7.33. The van der Waals surface area contributed by atoms with E-state index in [1.165, 1.54) is 7.11 Å². The number of methoxy groups -OCH3 is 1. The summed E-state index contributed by atoms with van der Waals surface area (Å²) in [6.07, 6.45) is 3.31. The molecule has 6 nitrogen and oxygen atoms in total. The summed E-state index contributed by atoms with van der Waals surface area (Å²) in [6.45, 7) is 4.31. The number of aliphatic carboxylic acids is 1. The van der Waals surface area contributed by atoms with E-state index in [0.717, 1.165) is 19.3 Å². The van der Waals surface area contributed by atoms with Gasteiger partial charge in [0.25, 0.3) is 0 Å². The highest BCUT2D eigenvalue weighted by Crippen LogP contribution is 2.22. The predicted molar refractivity (Wildman–Crippen MR) is 71.1 cm³/mol. The minimum absolute atomic E-state index is 0.153. The van der Waals surface area contributed by atoms with Gasteiger partial charge in [-0.3, -0.25) is 0 Å². The molecule has 2 N–H and O–H groups in total. The van der Waals surface area contributed by atoms with Crippen LogP contribution in [0.1, 0.15) is 39.5 Å². The molecule has 19 heavy (non-hydrogen) atoms. The summed E-state index contributed by atoms with van der Waals surface area (Å²) < 4.78 is 4.86. The molecule has 3 atom stereocenters. The lowest BCUT2D eigenvalue weighted by Crippen LogP contribution is -2.55. The Bertz CT molecular complexity index is 312. The van der Waals surface area contributed by atoms with Crippen LogP contribution >= 0.6 is 0 Å². The molecule has 0 spiro atoms. The summed E-state index contributed by atoms with van der Waals surface area (Å²) in [7, 11) is 1.51. The standard InChI is InChI=1S/C13H24N2O4/c1-9-5-4-6-10(2)15(9)13(18)14-11(12(16)17)7-8-19-3/h9-11H,4-8H2,1-3H3,(H,14,18)(H,16,17)/t9-,10+,11?. The third-order valence-corrected chi connectivity index (χ3v) is 3.63. The van der Waals surface area contributed by atoms with Crippen molar-refractivity contribution in [3.8, 4) is 0 Å². The molecule has 0 saturated carbocycles. The van der Waals surface area contributed by atoms with Gasteiger partial charge in [-0.2, -0.15) is 0 Å². The van der Waals surface area contributed by atoms with E-state index in [-0.39, 0.29) is 24.5 Å². The van der Waals surface area contributed by atoms with Crippen molar-refractivity contribution in [2.24, 2.45) is 0 Å². The number of hydrogen-bond acceptors (Lipinski definition) is 3. The molecule has 1 fully saturated rings. The minimum Gasteiger partial charge on any atom is -0.480 e. The zero-order valence-electron chi connectivity index (χ0n) is 11.9. The van der Waals surface area contributed by atoms with Crippen LogP contribution in [0.4, 0.5) is 4.79 Å². The van der Waals surface area contributed by atoms with Gasteiger partial charge in [0, 0.05) is 32.2 Å². The maximum Gasteiger partial charge on any atom is 0.326 e. The number of nitrogens with one attached hydrogen (secondary N) is 1. The van der Waals surface area contributed by atoms with Gasteiger partial charge in [-0.1, -0.05) is 0 Å². The summed E-state index contributed by atoms with van der Waals surface area (Å²) in [5.41, 5.74) is 0. The van der Waals surface area contributed by atoms with Crippen LogP contribution in [0.3, 0.4) is 0 Å². The summed E-state index contributed by atoms with van der Waals surface area (Å²) in [5, 5.41) is 11.7. The molecule has 0 aromatic heterocycles. The molecular formula is C13H24N2O4. The Labute approximate surface area is 114 Å². The number of rotatable bonds is 5. The number of piperidine rings is 1. The van der Waals surface area contributed by atoms with E-state index in [9.17, 15) is 9.59 Å². The number of hydrogen-bond donors (Lipinski definition) is 2. The maximum atomic E-state index is 12.2. The van der Waals surface area contributed by atoms with E-state index in [4.69, 9.17) is 9.84 Å². The molecule has 1 rings (SSSR count). The Balaban J connectivity index is 2.62. The number of likely N-dealkylation sites (tertiary alicyclic amines) is 1. The van der Waals surface area contributed by atoms with Gasteiger partial charge in [0.2, 0.25) is 0 Å². The van der Waals surface area contributed by atoms with Crippen molar-refractivity contribution >= 4 is 12.0 Å². The van der Waals surface area contributed by atoms with Crippen LogP contribution in [0.5, 0.6) is 0 Å². The van der Waals surface area contributed by atoms with Gasteiger partial charge in [-0.05, 0) is 33.1 Å². The van der Waals surface area contributed by atoms with Crippen molar-refractivity contribution in [3.05, 3.63) is 0 Å². The van der Waals surface area contributed by atoms with Crippen molar-refractivity contribution in [3.63, 3.8) is 0 Å². The summed E-state index contributed by atoms with van der Waals surface area (Å²) in [6, 6.07) is -0.877.